The predicted molar refractivity (Wildman–Crippen MR) is 143 cm³/mol. The first-order valence-electron chi connectivity index (χ1n) is 12.2. The number of anilines is 1. The van der Waals surface area contributed by atoms with Crippen molar-refractivity contribution in [1.29, 1.82) is 0 Å². The number of hydrogen-bond acceptors (Lipinski definition) is 8. The van der Waals surface area contributed by atoms with E-state index in [4.69, 9.17) is 4.74 Å². The molecule has 2 N–H and O–H groups in total. The summed E-state index contributed by atoms with van der Waals surface area (Å²) in [7, 11) is -2.02. The average molecular weight is 541 g/mol. The molecule has 194 valence electrons. The predicted octanol–water partition coefficient (Wildman–Crippen LogP) is 4.20. The fourth-order valence-corrected chi connectivity index (χ4v) is 6.77. The third-order valence-electron chi connectivity index (χ3n) is 6.40. The van der Waals surface area contributed by atoms with Crippen molar-refractivity contribution in [3.05, 3.63) is 42.5 Å². The smallest absolute Gasteiger partial charge is 0.243 e. The van der Waals surface area contributed by atoms with Crippen LogP contribution in [0.1, 0.15) is 32.6 Å². The molecular formula is C25H28N6O4S2. The highest BCUT2D eigenvalue weighted by atomic mass is 32.2. The number of rotatable bonds is 8. The van der Waals surface area contributed by atoms with Gasteiger partial charge in [-0.05, 0) is 49.6 Å². The number of nitrogens with zero attached hydrogens (tertiary/aromatic N) is 4. The molecule has 3 heterocycles. The number of carbonyl (C=O) groups is 1. The number of piperidine rings is 1. The largest absolute Gasteiger partial charge is 0.495 e. The highest BCUT2D eigenvalue weighted by Crippen LogP contribution is 2.30. The van der Waals surface area contributed by atoms with Crippen LogP contribution in [0, 0.1) is 0 Å². The van der Waals surface area contributed by atoms with Gasteiger partial charge in [0.25, 0.3) is 0 Å². The molecule has 1 saturated heterocycles. The number of para-hydroxylation sites is 2. The molecule has 37 heavy (non-hydrogen) atoms. The Balaban J connectivity index is 1.39. The summed E-state index contributed by atoms with van der Waals surface area (Å²) >= 11 is 1.22. The van der Waals surface area contributed by atoms with Crippen molar-refractivity contribution in [3.8, 4) is 5.75 Å². The Morgan fingerprint density at radius 3 is 2.70 bits per heavy atom. The van der Waals surface area contributed by atoms with Crippen LogP contribution in [0.25, 0.3) is 22.1 Å². The van der Waals surface area contributed by atoms with Crippen molar-refractivity contribution in [2.24, 2.45) is 0 Å². The average Bonchev–Trinajstić information content (AvgIpc) is 3.29. The van der Waals surface area contributed by atoms with Crippen LogP contribution in [0.3, 0.4) is 0 Å². The second kappa shape index (κ2) is 10.6. The number of fused-ring (bicyclic) bond motifs is 3. The van der Waals surface area contributed by atoms with Gasteiger partial charge in [-0.1, -0.05) is 37.2 Å². The summed E-state index contributed by atoms with van der Waals surface area (Å²) in [6.45, 7) is 3.00. The lowest BCUT2D eigenvalue weighted by Gasteiger charge is -2.25. The maximum absolute atomic E-state index is 13.1. The zero-order valence-corrected chi connectivity index (χ0v) is 22.2. The number of amides is 1. The molecule has 1 aliphatic heterocycles. The van der Waals surface area contributed by atoms with Crippen LogP contribution in [-0.4, -0.2) is 64.2 Å². The van der Waals surface area contributed by atoms with Gasteiger partial charge in [-0.15, -0.1) is 10.2 Å². The van der Waals surface area contributed by atoms with Gasteiger partial charge in [-0.3, -0.25) is 4.79 Å². The van der Waals surface area contributed by atoms with Crippen LogP contribution in [0.15, 0.2) is 52.5 Å². The van der Waals surface area contributed by atoms with Crippen molar-refractivity contribution < 1.29 is 17.9 Å². The molecule has 1 aliphatic rings. The highest BCUT2D eigenvalue weighted by Gasteiger charge is 2.27. The normalized spacial score (nSPS) is 15.6. The molecule has 0 bridgehead atoms. The Labute approximate surface area is 219 Å². The summed E-state index contributed by atoms with van der Waals surface area (Å²) in [5, 5.41) is 12.0. The Bertz CT molecular complexity index is 1550. The topological polar surface area (TPSA) is 130 Å². The first-order chi connectivity index (χ1) is 17.9. The number of benzene rings is 2. The maximum Gasteiger partial charge on any atom is 0.243 e. The molecule has 1 fully saturated rings. The van der Waals surface area contributed by atoms with Gasteiger partial charge >= 0.3 is 0 Å². The van der Waals surface area contributed by atoms with Crippen molar-refractivity contribution in [3.63, 3.8) is 0 Å². The number of aromatic amines is 1. The van der Waals surface area contributed by atoms with Gasteiger partial charge in [0.15, 0.2) is 5.65 Å². The first kappa shape index (κ1) is 25.4. The fraction of sp³-hybridized carbons (Fsp3) is 0.360. The van der Waals surface area contributed by atoms with Crippen molar-refractivity contribution in [1.82, 2.24) is 24.5 Å². The van der Waals surface area contributed by atoms with Crippen LogP contribution in [0.4, 0.5) is 5.69 Å². The SMILES string of the molecule is CCC(Sc1nnc2c(n1)[nH]c1ccc(S(=O)(=O)N3CCCCC3)cc12)C(=O)Nc1ccccc1OC. The van der Waals surface area contributed by atoms with E-state index in [2.05, 4.69) is 25.5 Å². The second-order valence-electron chi connectivity index (χ2n) is 8.79. The van der Waals surface area contributed by atoms with Gasteiger partial charge < -0.3 is 15.0 Å². The van der Waals surface area contributed by atoms with E-state index >= 15 is 0 Å². The number of hydrogen-bond donors (Lipinski definition) is 2. The van der Waals surface area contributed by atoms with Crippen LogP contribution in [0.2, 0.25) is 0 Å². The van der Waals surface area contributed by atoms with E-state index in [1.165, 1.54) is 11.8 Å². The van der Waals surface area contributed by atoms with E-state index in [0.29, 0.717) is 52.7 Å². The van der Waals surface area contributed by atoms with Crippen LogP contribution in [-0.2, 0) is 14.8 Å². The highest BCUT2D eigenvalue weighted by molar-refractivity contribution is 8.00. The van der Waals surface area contributed by atoms with E-state index in [-0.39, 0.29) is 10.8 Å². The summed E-state index contributed by atoms with van der Waals surface area (Å²) in [5.74, 6) is 0.389. The lowest BCUT2D eigenvalue weighted by Crippen LogP contribution is -2.35. The minimum absolute atomic E-state index is 0.190. The summed E-state index contributed by atoms with van der Waals surface area (Å²) in [5.41, 5.74) is 2.29. The number of thioether (sulfide) groups is 1. The van der Waals surface area contributed by atoms with E-state index in [9.17, 15) is 13.2 Å². The monoisotopic (exact) mass is 540 g/mol. The molecule has 10 nitrogen and oxygen atoms in total. The number of nitrogens with one attached hydrogen (secondary N) is 2. The summed E-state index contributed by atoms with van der Waals surface area (Å²) in [6.07, 6.45) is 3.35. The molecule has 1 unspecified atom stereocenters. The zero-order valence-electron chi connectivity index (χ0n) is 20.6. The second-order valence-corrected chi connectivity index (χ2v) is 11.9. The number of aromatic nitrogens is 4. The lowest BCUT2D eigenvalue weighted by atomic mass is 10.2. The summed E-state index contributed by atoms with van der Waals surface area (Å²) in [4.78, 5) is 21.0. The fourth-order valence-electron chi connectivity index (χ4n) is 4.41. The molecule has 0 radical (unpaired) electrons. The Morgan fingerprint density at radius 1 is 1.16 bits per heavy atom. The van der Waals surface area contributed by atoms with Gasteiger partial charge in [0.1, 0.15) is 11.3 Å². The van der Waals surface area contributed by atoms with E-state index < -0.39 is 15.3 Å². The third-order valence-corrected chi connectivity index (χ3v) is 9.51. The minimum Gasteiger partial charge on any atom is -0.495 e. The van der Waals surface area contributed by atoms with Crippen LogP contribution in [0.5, 0.6) is 5.75 Å². The summed E-state index contributed by atoms with van der Waals surface area (Å²) in [6, 6.07) is 12.2. The maximum atomic E-state index is 13.1. The van der Waals surface area contributed by atoms with Crippen LogP contribution >= 0.6 is 11.8 Å². The minimum atomic E-state index is -3.57. The molecule has 0 saturated carbocycles. The lowest BCUT2D eigenvalue weighted by molar-refractivity contribution is -0.115. The Morgan fingerprint density at radius 2 is 1.95 bits per heavy atom. The first-order valence-corrected chi connectivity index (χ1v) is 14.5. The number of H-pyrrole nitrogens is 1. The number of sulfonamides is 1. The molecule has 1 atom stereocenters. The molecule has 5 rings (SSSR count). The molecular weight excluding hydrogens is 512 g/mol. The van der Waals surface area contributed by atoms with E-state index in [1.807, 2.05) is 19.1 Å². The number of carbonyl (C=O) groups excluding carboxylic acids is 1. The zero-order chi connectivity index (χ0) is 26.0. The molecule has 12 heteroatoms. The molecule has 1 amide bonds. The standard InChI is InChI=1S/C25H28N6O4S2/c1-3-21(24(32)27-19-9-5-6-10-20(19)35-2)36-25-28-23-22(29-30-25)17-15-16(11-12-18(17)26-23)37(33,34)31-13-7-4-8-14-31/h5-6,9-12,15,21H,3-4,7-8,13-14H2,1-2H3,(H,27,32)(H,26,28,30). The molecule has 2 aromatic heterocycles. The van der Waals surface area contributed by atoms with Gasteiger partial charge in [0, 0.05) is 24.0 Å². The number of methoxy groups -OCH3 is 1. The molecule has 4 aromatic rings. The van der Waals surface area contributed by atoms with Gasteiger partial charge in [-0.25, -0.2) is 13.4 Å². The molecule has 2 aromatic carbocycles. The number of ether oxygens (including phenoxy) is 1. The van der Waals surface area contributed by atoms with Gasteiger partial charge in [0.2, 0.25) is 21.1 Å². The third kappa shape index (κ3) is 5.13. The van der Waals surface area contributed by atoms with Crippen molar-refractivity contribution in [2.45, 2.75) is 47.9 Å². The van der Waals surface area contributed by atoms with Crippen molar-refractivity contribution >= 4 is 55.4 Å². The van der Waals surface area contributed by atoms with Crippen molar-refractivity contribution in [2.75, 3.05) is 25.5 Å². The summed E-state index contributed by atoms with van der Waals surface area (Å²) < 4.78 is 33.2. The van der Waals surface area contributed by atoms with Crippen LogP contribution < -0.4 is 10.1 Å². The van der Waals surface area contributed by atoms with E-state index in [1.54, 1.807) is 41.7 Å². The Kier molecular flexibility index (Phi) is 7.31. The van der Waals surface area contributed by atoms with Gasteiger partial charge in [-0.2, -0.15) is 4.31 Å². The molecule has 0 spiro atoms. The Hall–Kier alpha value is -3.22. The quantitative estimate of drug-likeness (QED) is 0.318. The molecule has 0 aliphatic carbocycles. The van der Waals surface area contributed by atoms with Gasteiger partial charge in [0.05, 0.1) is 22.9 Å². The van der Waals surface area contributed by atoms with E-state index in [0.717, 1.165) is 24.8 Å².